The van der Waals surface area contributed by atoms with Crippen molar-refractivity contribution in [1.29, 1.82) is 0 Å². The highest BCUT2D eigenvalue weighted by molar-refractivity contribution is 7.13. The average Bonchev–Trinajstić information content (AvgIpc) is 2.66. The molecule has 0 spiro atoms. The summed E-state index contributed by atoms with van der Waals surface area (Å²) in [6.07, 6.45) is 1.89. The number of aromatic carboxylic acids is 1. The second-order valence-electron chi connectivity index (χ2n) is 3.27. The first-order valence-electron chi connectivity index (χ1n) is 4.61. The monoisotopic (exact) mass is 235 g/mol. The van der Waals surface area contributed by atoms with Crippen LogP contribution in [0.15, 0.2) is 30.5 Å². The van der Waals surface area contributed by atoms with Crippen molar-refractivity contribution in [2.75, 3.05) is 0 Å². The molecule has 0 amide bonds. The van der Waals surface area contributed by atoms with Gasteiger partial charge in [-0.1, -0.05) is 12.1 Å². The summed E-state index contributed by atoms with van der Waals surface area (Å²) in [4.78, 5) is 14.9. The Labute approximate surface area is 95.8 Å². The van der Waals surface area contributed by atoms with E-state index in [1.165, 1.54) is 6.20 Å². The van der Waals surface area contributed by atoms with Crippen LogP contribution < -0.4 is 0 Å². The van der Waals surface area contributed by atoms with Gasteiger partial charge in [0, 0.05) is 6.42 Å². The third kappa shape index (κ3) is 2.38. The molecule has 2 aromatic rings. The SMILES string of the molecule is O=C(O)c1cnc(Cc2cccc(O)c2)s1. The molecule has 0 atom stereocenters. The van der Waals surface area contributed by atoms with E-state index in [9.17, 15) is 9.90 Å². The lowest BCUT2D eigenvalue weighted by atomic mass is 10.1. The third-order valence-corrected chi connectivity index (χ3v) is 3.02. The van der Waals surface area contributed by atoms with Crippen molar-refractivity contribution >= 4 is 17.3 Å². The van der Waals surface area contributed by atoms with Crippen LogP contribution >= 0.6 is 11.3 Å². The number of nitrogens with zero attached hydrogens (tertiary/aromatic N) is 1. The number of carboxylic acid groups (broad SMARTS) is 1. The fourth-order valence-electron chi connectivity index (χ4n) is 1.33. The lowest BCUT2D eigenvalue weighted by Crippen LogP contribution is -1.89. The van der Waals surface area contributed by atoms with Gasteiger partial charge in [-0.15, -0.1) is 11.3 Å². The number of benzene rings is 1. The van der Waals surface area contributed by atoms with E-state index in [0.717, 1.165) is 21.9 Å². The van der Waals surface area contributed by atoms with Crippen LogP contribution in [0.25, 0.3) is 0 Å². The number of aromatic nitrogens is 1. The van der Waals surface area contributed by atoms with E-state index in [1.54, 1.807) is 18.2 Å². The van der Waals surface area contributed by atoms with E-state index in [-0.39, 0.29) is 10.6 Å². The number of phenols is 1. The Hall–Kier alpha value is -1.88. The van der Waals surface area contributed by atoms with Gasteiger partial charge in [0.1, 0.15) is 10.6 Å². The molecule has 0 fully saturated rings. The number of hydrogen-bond donors (Lipinski definition) is 2. The molecule has 4 nitrogen and oxygen atoms in total. The van der Waals surface area contributed by atoms with Gasteiger partial charge in [-0.25, -0.2) is 9.78 Å². The molecule has 5 heteroatoms. The zero-order valence-electron chi connectivity index (χ0n) is 8.25. The van der Waals surface area contributed by atoms with Crippen LogP contribution in [0, 0.1) is 0 Å². The Morgan fingerprint density at radius 1 is 1.44 bits per heavy atom. The van der Waals surface area contributed by atoms with E-state index in [1.807, 2.05) is 6.07 Å². The summed E-state index contributed by atoms with van der Waals surface area (Å²) >= 11 is 1.15. The molecule has 0 aliphatic rings. The molecule has 0 bridgehead atoms. The summed E-state index contributed by atoms with van der Waals surface area (Å²) in [5.74, 6) is -0.757. The lowest BCUT2D eigenvalue weighted by Gasteiger charge is -1.98. The predicted molar refractivity (Wildman–Crippen MR) is 60.0 cm³/mol. The largest absolute Gasteiger partial charge is 0.508 e. The minimum Gasteiger partial charge on any atom is -0.508 e. The number of carbonyl (C=O) groups is 1. The van der Waals surface area contributed by atoms with Gasteiger partial charge in [0.25, 0.3) is 0 Å². The van der Waals surface area contributed by atoms with Gasteiger partial charge >= 0.3 is 5.97 Å². The molecule has 0 saturated heterocycles. The van der Waals surface area contributed by atoms with E-state index in [4.69, 9.17) is 5.11 Å². The number of phenolic OH excluding ortho intramolecular Hbond substituents is 1. The molecule has 1 heterocycles. The van der Waals surface area contributed by atoms with Crippen LogP contribution in [0.5, 0.6) is 5.75 Å². The lowest BCUT2D eigenvalue weighted by molar-refractivity contribution is 0.0702. The number of aromatic hydroxyl groups is 1. The van der Waals surface area contributed by atoms with Crippen LogP contribution in [-0.2, 0) is 6.42 Å². The summed E-state index contributed by atoms with van der Waals surface area (Å²) in [6.45, 7) is 0. The van der Waals surface area contributed by atoms with Gasteiger partial charge in [-0.05, 0) is 17.7 Å². The minimum absolute atomic E-state index is 0.201. The zero-order valence-corrected chi connectivity index (χ0v) is 9.07. The number of thiazole rings is 1. The van der Waals surface area contributed by atoms with Crippen LogP contribution in [0.4, 0.5) is 0 Å². The summed E-state index contributed by atoms with van der Waals surface area (Å²) in [5.41, 5.74) is 0.909. The van der Waals surface area contributed by atoms with Crippen LogP contribution in [-0.4, -0.2) is 21.2 Å². The maximum atomic E-state index is 10.7. The minimum atomic E-state index is -0.959. The maximum Gasteiger partial charge on any atom is 0.347 e. The van der Waals surface area contributed by atoms with Crippen molar-refractivity contribution in [3.63, 3.8) is 0 Å². The van der Waals surface area contributed by atoms with Crippen molar-refractivity contribution in [3.05, 3.63) is 45.9 Å². The second-order valence-corrected chi connectivity index (χ2v) is 4.39. The van der Waals surface area contributed by atoms with Crippen LogP contribution in [0.1, 0.15) is 20.2 Å². The van der Waals surface area contributed by atoms with Gasteiger partial charge in [-0.2, -0.15) is 0 Å². The van der Waals surface area contributed by atoms with Crippen molar-refractivity contribution in [3.8, 4) is 5.75 Å². The Bertz CT molecular complexity index is 521. The van der Waals surface area contributed by atoms with Gasteiger partial charge < -0.3 is 10.2 Å². The van der Waals surface area contributed by atoms with Crippen LogP contribution in [0.3, 0.4) is 0 Å². The summed E-state index contributed by atoms with van der Waals surface area (Å²) in [6, 6.07) is 6.84. The highest BCUT2D eigenvalue weighted by Crippen LogP contribution is 2.19. The fourth-order valence-corrected chi connectivity index (χ4v) is 2.12. The Balaban J connectivity index is 2.17. The van der Waals surface area contributed by atoms with Crippen molar-refractivity contribution in [2.45, 2.75) is 6.42 Å². The van der Waals surface area contributed by atoms with Crippen molar-refractivity contribution in [2.24, 2.45) is 0 Å². The third-order valence-electron chi connectivity index (χ3n) is 2.03. The number of carboxylic acids is 1. The number of hydrogen-bond acceptors (Lipinski definition) is 4. The summed E-state index contributed by atoms with van der Waals surface area (Å²) in [5, 5.41) is 18.7. The smallest absolute Gasteiger partial charge is 0.347 e. The molecule has 16 heavy (non-hydrogen) atoms. The Kier molecular flexibility index (Phi) is 2.87. The zero-order chi connectivity index (χ0) is 11.5. The van der Waals surface area contributed by atoms with Crippen molar-refractivity contribution in [1.82, 2.24) is 4.98 Å². The first-order chi connectivity index (χ1) is 7.65. The molecule has 1 aromatic carbocycles. The van der Waals surface area contributed by atoms with Gasteiger partial charge in [-0.3, -0.25) is 0 Å². The first kappa shape index (κ1) is 10.6. The molecule has 2 rings (SSSR count). The maximum absolute atomic E-state index is 10.7. The average molecular weight is 235 g/mol. The topological polar surface area (TPSA) is 70.4 Å². The normalized spacial score (nSPS) is 10.2. The predicted octanol–water partition coefficient (Wildman–Crippen LogP) is 2.14. The highest BCUT2D eigenvalue weighted by Gasteiger charge is 2.08. The van der Waals surface area contributed by atoms with E-state index >= 15 is 0 Å². The molecule has 0 aliphatic carbocycles. The molecule has 1 aromatic heterocycles. The molecule has 2 N–H and O–H groups in total. The van der Waals surface area contributed by atoms with E-state index in [2.05, 4.69) is 4.98 Å². The summed E-state index contributed by atoms with van der Waals surface area (Å²) < 4.78 is 0. The van der Waals surface area contributed by atoms with E-state index in [0.29, 0.717) is 6.42 Å². The second kappa shape index (κ2) is 4.32. The molecule has 0 unspecified atom stereocenters. The van der Waals surface area contributed by atoms with Gasteiger partial charge in [0.05, 0.1) is 11.2 Å². The standard InChI is InChI=1S/C11H9NO3S/c13-8-3-1-2-7(4-8)5-10-12-6-9(16-10)11(14)15/h1-4,6,13H,5H2,(H,14,15). The first-order valence-corrected chi connectivity index (χ1v) is 5.43. The number of rotatable bonds is 3. The summed E-state index contributed by atoms with van der Waals surface area (Å²) in [7, 11) is 0. The highest BCUT2D eigenvalue weighted by atomic mass is 32.1. The molecule has 0 aliphatic heterocycles. The molecular weight excluding hydrogens is 226 g/mol. The van der Waals surface area contributed by atoms with Gasteiger partial charge in [0.2, 0.25) is 0 Å². The Morgan fingerprint density at radius 2 is 2.25 bits per heavy atom. The molecule has 0 saturated carbocycles. The molecular formula is C11H9NO3S. The molecule has 0 radical (unpaired) electrons. The van der Waals surface area contributed by atoms with Crippen molar-refractivity contribution < 1.29 is 15.0 Å². The Morgan fingerprint density at radius 3 is 2.88 bits per heavy atom. The molecule has 82 valence electrons. The van der Waals surface area contributed by atoms with E-state index < -0.39 is 5.97 Å². The van der Waals surface area contributed by atoms with Gasteiger partial charge in [0.15, 0.2) is 0 Å². The quantitative estimate of drug-likeness (QED) is 0.855. The van der Waals surface area contributed by atoms with Crippen LogP contribution in [0.2, 0.25) is 0 Å². The fraction of sp³-hybridized carbons (Fsp3) is 0.0909.